The number of ether oxygens (including phenoxy) is 1. The number of nitrogens with zero attached hydrogens (tertiary/aromatic N) is 1. The summed E-state index contributed by atoms with van der Waals surface area (Å²) in [6.07, 6.45) is 1.90. The summed E-state index contributed by atoms with van der Waals surface area (Å²) in [5.41, 5.74) is 3.23. The molecule has 0 spiro atoms. The van der Waals surface area contributed by atoms with Crippen molar-refractivity contribution < 1.29 is 4.74 Å². The van der Waals surface area contributed by atoms with Crippen LogP contribution in [0.25, 0.3) is 0 Å². The summed E-state index contributed by atoms with van der Waals surface area (Å²) < 4.78 is 6.47. The minimum absolute atomic E-state index is 0.0659. The molecule has 0 bridgehead atoms. The molecule has 0 saturated carbocycles. The quantitative estimate of drug-likeness (QED) is 0.936. The summed E-state index contributed by atoms with van der Waals surface area (Å²) in [6.45, 7) is 1.98. The second-order valence-electron chi connectivity index (χ2n) is 4.34. The van der Waals surface area contributed by atoms with Crippen LogP contribution in [0.3, 0.4) is 0 Å². The first kappa shape index (κ1) is 14.0. The normalized spacial score (nSPS) is 12.2. The molecule has 19 heavy (non-hydrogen) atoms. The van der Waals surface area contributed by atoms with Crippen LogP contribution in [-0.2, 0) is 0 Å². The molecule has 1 unspecified atom stereocenters. The summed E-state index contributed by atoms with van der Waals surface area (Å²) in [5.74, 6) is 0.856. The molecule has 0 saturated heterocycles. The van der Waals surface area contributed by atoms with Gasteiger partial charge in [0.15, 0.2) is 0 Å². The van der Waals surface area contributed by atoms with E-state index in [9.17, 15) is 0 Å². The van der Waals surface area contributed by atoms with Crippen molar-refractivity contribution in [2.24, 2.45) is 0 Å². The number of rotatable bonds is 4. The summed E-state index contributed by atoms with van der Waals surface area (Å²) in [7, 11) is 3.62. The number of halogens is 1. The van der Waals surface area contributed by atoms with E-state index in [-0.39, 0.29) is 6.04 Å². The number of nitrogens with one attached hydrogen (secondary N) is 1. The van der Waals surface area contributed by atoms with Gasteiger partial charge in [-0.2, -0.15) is 0 Å². The lowest BCUT2D eigenvalue weighted by Gasteiger charge is -2.20. The lowest BCUT2D eigenvalue weighted by Crippen LogP contribution is -2.18. The van der Waals surface area contributed by atoms with Crippen molar-refractivity contribution in [2.75, 3.05) is 14.2 Å². The van der Waals surface area contributed by atoms with Crippen LogP contribution < -0.4 is 10.1 Å². The number of aryl methyl sites for hydroxylation is 1. The average molecular weight is 321 g/mol. The third-order valence-electron chi connectivity index (χ3n) is 3.06. The van der Waals surface area contributed by atoms with Crippen LogP contribution in [0, 0.1) is 6.92 Å². The molecule has 2 aromatic rings. The van der Waals surface area contributed by atoms with Crippen molar-refractivity contribution in [1.82, 2.24) is 10.3 Å². The third kappa shape index (κ3) is 3.14. The number of benzene rings is 1. The van der Waals surface area contributed by atoms with Crippen molar-refractivity contribution >= 4 is 15.9 Å². The fraction of sp³-hybridized carbons (Fsp3) is 0.267. The first-order valence-corrected chi connectivity index (χ1v) is 6.88. The molecule has 2 rings (SSSR count). The van der Waals surface area contributed by atoms with Crippen LogP contribution in [-0.4, -0.2) is 19.1 Å². The molecule has 100 valence electrons. The maximum absolute atomic E-state index is 5.46. The Labute approximate surface area is 122 Å². The van der Waals surface area contributed by atoms with E-state index in [1.165, 1.54) is 0 Å². The van der Waals surface area contributed by atoms with Gasteiger partial charge in [-0.05, 0) is 37.7 Å². The van der Waals surface area contributed by atoms with E-state index in [2.05, 4.69) is 38.4 Å². The van der Waals surface area contributed by atoms with E-state index in [0.717, 1.165) is 27.0 Å². The highest BCUT2D eigenvalue weighted by Crippen LogP contribution is 2.31. The first-order valence-electron chi connectivity index (χ1n) is 6.09. The number of hydrogen-bond donors (Lipinski definition) is 1. The molecular weight excluding hydrogens is 304 g/mol. The fourth-order valence-corrected chi connectivity index (χ4v) is 2.42. The Bertz CT molecular complexity index is 555. The number of pyridine rings is 1. The number of aromatic nitrogens is 1. The smallest absolute Gasteiger partial charge is 0.125 e. The fourth-order valence-electron chi connectivity index (χ4n) is 2.08. The van der Waals surface area contributed by atoms with Crippen LogP contribution in [0.15, 0.2) is 41.0 Å². The molecule has 0 radical (unpaired) electrons. The molecular formula is C15H17BrN2O. The van der Waals surface area contributed by atoms with Gasteiger partial charge in [0, 0.05) is 21.9 Å². The minimum Gasteiger partial charge on any atom is -0.496 e. The number of methoxy groups -OCH3 is 1. The van der Waals surface area contributed by atoms with Crippen LogP contribution in [0.1, 0.15) is 22.9 Å². The molecule has 0 aliphatic rings. The highest BCUT2D eigenvalue weighted by molar-refractivity contribution is 9.10. The van der Waals surface area contributed by atoms with E-state index in [1.54, 1.807) is 7.11 Å². The van der Waals surface area contributed by atoms with Gasteiger partial charge in [-0.25, -0.2) is 0 Å². The Morgan fingerprint density at radius 2 is 2.05 bits per heavy atom. The van der Waals surface area contributed by atoms with Gasteiger partial charge in [0.05, 0.1) is 13.2 Å². The van der Waals surface area contributed by atoms with Gasteiger partial charge in [0.2, 0.25) is 0 Å². The molecule has 1 N–H and O–H groups in total. The van der Waals surface area contributed by atoms with E-state index in [4.69, 9.17) is 4.74 Å². The summed E-state index contributed by atoms with van der Waals surface area (Å²) in [4.78, 5) is 4.36. The number of hydrogen-bond acceptors (Lipinski definition) is 3. The van der Waals surface area contributed by atoms with Gasteiger partial charge in [0.1, 0.15) is 5.75 Å². The zero-order chi connectivity index (χ0) is 13.8. The first-order chi connectivity index (χ1) is 9.15. The minimum atomic E-state index is 0.0659. The molecule has 1 atom stereocenters. The molecule has 0 amide bonds. The molecule has 0 fully saturated rings. The Morgan fingerprint density at radius 1 is 1.26 bits per heavy atom. The Balaban J connectivity index is 2.44. The maximum Gasteiger partial charge on any atom is 0.125 e. The molecule has 1 aromatic heterocycles. The van der Waals surface area contributed by atoms with Gasteiger partial charge in [-0.1, -0.05) is 28.1 Å². The Hall–Kier alpha value is -1.39. The van der Waals surface area contributed by atoms with Gasteiger partial charge in [0.25, 0.3) is 0 Å². The Morgan fingerprint density at radius 3 is 2.63 bits per heavy atom. The highest BCUT2D eigenvalue weighted by atomic mass is 79.9. The summed E-state index contributed by atoms with van der Waals surface area (Å²) >= 11 is 3.46. The van der Waals surface area contributed by atoms with Crippen LogP contribution in [0.5, 0.6) is 5.75 Å². The van der Waals surface area contributed by atoms with Gasteiger partial charge < -0.3 is 10.1 Å². The van der Waals surface area contributed by atoms with Crippen molar-refractivity contribution in [3.63, 3.8) is 0 Å². The van der Waals surface area contributed by atoms with Crippen LogP contribution in [0.2, 0.25) is 0 Å². The highest BCUT2D eigenvalue weighted by Gasteiger charge is 2.16. The molecule has 1 heterocycles. The van der Waals surface area contributed by atoms with Crippen molar-refractivity contribution in [3.8, 4) is 5.75 Å². The van der Waals surface area contributed by atoms with Crippen LogP contribution >= 0.6 is 15.9 Å². The topological polar surface area (TPSA) is 34.2 Å². The molecule has 4 heteroatoms. The van der Waals surface area contributed by atoms with Gasteiger partial charge in [-0.15, -0.1) is 0 Å². The van der Waals surface area contributed by atoms with E-state index in [0.29, 0.717) is 0 Å². The van der Waals surface area contributed by atoms with Crippen molar-refractivity contribution in [3.05, 3.63) is 57.8 Å². The lowest BCUT2D eigenvalue weighted by molar-refractivity contribution is 0.405. The second kappa shape index (κ2) is 6.17. The van der Waals surface area contributed by atoms with E-state index >= 15 is 0 Å². The van der Waals surface area contributed by atoms with E-state index in [1.807, 2.05) is 38.4 Å². The summed E-state index contributed by atoms with van der Waals surface area (Å²) in [5, 5.41) is 3.31. The standard InChI is InChI=1S/C15H17BrN2O/c1-10-4-5-11(9-18-10)15(17-2)13-7-6-12(16)8-14(13)19-3/h4-9,15,17H,1-3H3. The largest absolute Gasteiger partial charge is 0.496 e. The average Bonchev–Trinajstić information content (AvgIpc) is 2.43. The van der Waals surface area contributed by atoms with Crippen molar-refractivity contribution in [1.29, 1.82) is 0 Å². The molecule has 0 aliphatic heterocycles. The van der Waals surface area contributed by atoms with Gasteiger partial charge >= 0.3 is 0 Å². The predicted octanol–water partition coefficient (Wildman–Crippen LogP) is 3.47. The lowest BCUT2D eigenvalue weighted by atomic mass is 9.99. The Kier molecular flexibility index (Phi) is 4.56. The zero-order valence-corrected chi connectivity index (χ0v) is 12.9. The zero-order valence-electron chi connectivity index (χ0n) is 11.3. The monoisotopic (exact) mass is 320 g/mol. The van der Waals surface area contributed by atoms with Crippen molar-refractivity contribution in [2.45, 2.75) is 13.0 Å². The predicted molar refractivity (Wildman–Crippen MR) is 80.6 cm³/mol. The maximum atomic E-state index is 5.46. The second-order valence-corrected chi connectivity index (χ2v) is 5.26. The third-order valence-corrected chi connectivity index (χ3v) is 3.56. The molecule has 0 aliphatic carbocycles. The van der Waals surface area contributed by atoms with Gasteiger partial charge in [-0.3, -0.25) is 4.98 Å². The molecule has 3 nitrogen and oxygen atoms in total. The SMILES string of the molecule is CNC(c1ccc(C)nc1)c1ccc(Br)cc1OC. The molecule has 1 aromatic carbocycles. The van der Waals surface area contributed by atoms with E-state index < -0.39 is 0 Å². The summed E-state index contributed by atoms with van der Waals surface area (Å²) in [6, 6.07) is 10.2. The van der Waals surface area contributed by atoms with Crippen LogP contribution in [0.4, 0.5) is 0 Å².